The summed E-state index contributed by atoms with van der Waals surface area (Å²) < 4.78 is 47.9. The fraction of sp³-hybridized carbons (Fsp3) is 0.357. The highest BCUT2D eigenvalue weighted by molar-refractivity contribution is 7.18. The van der Waals surface area contributed by atoms with Crippen molar-refractivity contribution in [2.75, 3.05) is 6.61 Å². The maximum Gasteiger partial charge on any atom is 0.422 e. The van der Waals surface area contributed by atoms with Crippen molar-refractivity contribution in [2.45, 2.75) is 56.2 Å². The van der Waals surface area contributed by atoms with Crippen molar-refractivity contribution in [1.82, 2.24) is 10.1 Å². The van der Waals surface area contributed by atoms with Crippen LogP contribution in [0.15, 0.2) is 53.1 Å². The zero-order chi connectivity index (χ0) is 25.8. The van der Waals surface area contributed by atoms with Crippen molar-refractivity contribution in [3.05, 3.63) is 70.9 Å². The van der Waals surface area contributed by atoms with Gasteiger partial charge in [-0.15, -0.1) is 11.3 Å². The van der Waals surface area contributed by atoms with Crippen LogP contribution in [0, 0.1) is 0 Å². The average molecular weight is 526 g/mol. The summed E-state index contributed by atoms with van der Waals surface area (Å²) in [5.41, 5.74) is 9.59. The number of nitrogens with zero attached hydrogens (tertiary/aromatic N) is 2. The molecule has 192 valence electrons. The molecule has 2 atom stereocenters. The van der Waals surface area contributed by atoms with Crippen LogP contribution in [0.2, 0.25) is 0 Å². The van der Waals surface area contributed by atoms with E-state index in [9.17, 15) is 18.3 Å². The Labute approximate surface area is 216 Å². The highest BCUT2D eigenvalue weighted by Gasteiger charge is 2.42. The monoisotopic (exact) mass is 525 g/mol. The lowest BCUT2D eigenvalue weighted by molar-refractivity contribution is -0.136. The summed E-state index contributed by atoms with van der Waals surface area (Å²) in [5, 5.41) is 13.3. The number of hydrogen-bond acceptors (Lipinski definition) is 6. The Kier molecular flexibility index (Phi) is 5.97. The van der Waals surface area contributed by atoms with Crippen LogP contribution >= 0.6 is 11.3 Å². The minimum atomic E-state index is -4.64. The Bertz CT molecular complexity index is 1450. The Morgan fingerprint density at radius 2 is 1.95 bits per heavy atom. The molecule has 1 saturated carbocycles. The van der Waals surface area contributed by atoms with Gasteiger partial charge in [0.15, 0.2) is 5.01 Å². The molecule has 3 N–H and O–H groups in total. The Morgan fingerprint density at radius 1 is 1.14 bits per heavy atom. The predicted octanol–water partition coefficient (Wildman–Crippen LogP) is 6.60. The predicted molar refractivity (Wildman–Crippen MR) is 136 cm³/mol. The normalized spacial score (nSPS) is 21.2. The van der Waals surface area contributed by atoms with Gasteiger partial charge in [-0.2, -0.15) is 13.2 Å². The molecule has 2 heterocycles. The Balaban J connectivity index is 1.35. The molecule has 0 aliphatic heterocycles. The van der Waals surface area contributed by atoms with Gasteiger partial charge in [-0.3, -0.25) is 0 Å². The van der Waals surface area contributed by atoms with Crippen LogP contribution in [0.25, 0.3) is 32.5 Å². The summed E-state index contributed by atoms with van der Waals surface area (Å²) in [4.78, 5) is 5.47. The van der Waals surface area contributed by atoms with Crippen LogP contribution in [-0.4, -0.2) is 27.4 Å². The molecule has 9 heteroatoms. The molecular weight excluding hydrogens is 499 g/mol. The highest BCUT2D eigenvalue weighted by atomic mass is 32.1. The average Bonchev–Trinajstić information content (AvgIpc) is 3.60. The Hall–Kier alpha value is -3.01. The molecule has 2 aliphatic rings. The number of halogens is 3. The summed E-state index contributed by atoms with van der Waals surface area (Å²) in [7, 11) is 0. The van der Waals surface area contributed by atoms with Gasteiger partial charge in [-0.25, -0.2) is 4.98 Å². The molecule has 2 aromatic heterocycles. The molecule has 0 saturated heterocycles. The van der Waals surface area contributed by atoms with E-state index in [0.717, 1.165) is 41.8 Å². The first-order valence-corrected chi connectivity index (χ1v) is 13.2. The summed E-state index contributed by atoms with van der Waals surface area (Å²) >= 11 is 1.22. The quantitative estimate of drug-likeness (QED) is 0.307. The molecule has 2 aromatic carbocycles. The van der Waals surface area contributed by atoms with Gasteiger partial charge in [0, 0.05) is 17.7 Å². The fourth-order valence-corrected chi connectivity index (χ4v) is 6.92. The fourth-order valence-electron chi connectivity index (χ4n) is 5.76. The number of hydrogen-bond donors (Lipinski definition) is 2. The highest BCUT2D eigenvalue weighted by Crippen LogP contribution is 2.48. The second-order valence-corrected chi connectivity index (χ2v) is 11.1. The SMILES string of the molecule is N[C@]1(CCO)CC[C@@H](c2ccc3c(c2)CCc2nc(-c4onc(-c5ccccc5)c4C(F)(F)F)sc2-3)C1. The second-order valence-electron chi connectivity index (χ2n) is 10.1. The van der Waals surface area contributed by atoms with Crippen LogP contribution in [0.4, 0.5) is 13.2 Å². The van der Waals surface area contributed by atoms with Gasteiger partial charge in [-0.1, -0.05) is 53.7 Å². The summed E-state index contributed by atoms with van der Waals surface area (Å²) in [6, 6.07) is 14.6. The third kappa shape index (κ3) is 4.39. The molecule has 0 amide bonds. The summed E-state index contributed by atoms with van der Waals surface area (Å²) in [6.07, 6.45) is 0.109. The lowest BCUT2D eigenvalue weighted by Gasteiger charge is -2.23. The number of rotatable bonds is 5. The lowest BCUT2D eigenvalue weighted by atomic mass is 9.87. The number of aliphatic hydroxyl groups excluding tert-OH is 1. The van der Waals surface area contributed by atoms with Crippen LogP contribution in [0.1, 0.15) is 54.0 Å². The first-order chi connectivity index (χ1) is 17.8. The van der Waals surface area contributed by atoms with E-state index < -0.39 is 11.7 Å². The van der Waals surface area contributed by atoms with Gasteiger partial charge >= 0.3 is 6.18 Å². The summed E-state index contributed by atoms with van der Waals surface area (Å²) in [5.74, 6) is 0.0123. The van der Waals surface area contributed by atoms with Crippen molar-refractivity contribution < 1.29 is 22.8 Å². The number of aromatic nitrogens is 2. The summed E-state index contributed by atoms with van der Waals surface area (Å²) in [6.45, 7) is 0.0952. The van der Waals surface area contributed by atoms with Crippen LogP contribution in [-0.2, 0) is 19.0 Å². The minimum absolute atomic E-state index is 0.0952. The number of nitrogens with two attached hydrogens (primary N) is 1. The number of thiazole rings is 1. The van der Waals surface area contributed by atoms with Gasteiger partial charge in [-0.05, 0) is 61.1 Å². The molecule has 5 nitrogen and oxygen atoms in total. The molecule has 0 unspecified atom stereocenters. The van der Waals surface area contributed by atoms with Gasteiger partial charge in [0.1, 0.15) is 11.3 Å². The molecule has 6 rings (SSSR count). The van der Waals surface area contributed by atoms with Gasteiger partial charge < -0.3 is 15.4 Å². The minimum Gasteiger partial charge on any atom is -0.396 e. The van der Waals surface area contributed by atoms with Gasteiger partial charge in [0.2, 0.25) is 5.76 Å². The van der Waals surface area contributed by atoms with Crippen molar-refractivity contribution in [2.24, 2.45) is 5.73 Å². The number of fused-ring (bicyclic) bond motifs is 3. The second kappa shape index (κ2) is 9.08. The van der Waals surface area contributed by atoms with E-state index >= 15 is 0 Å². The van der Waals surface area contributed by atoms with E-state index in [-0.39, 0.29) is 28.6 Å². The topological polar surface area (TPSA) is 85.2 Å². The largest absolute Gasteiger partial charge is 0.422 e. The van der Waals surface area contributed by atoms with Crippen molar-refractivity contribution >= 4 is 11.3 Å². The van der Waals surface area contributed by atoms with Crippen LogP contribution in [0.5, 0.6) is 0 Å². The van der Waals surface area contributed by atoms with Crippen LogP contribution in [0.3, 0.4) is 0 Å². The zero-order valence-electron chi connectivity index (χ0n) is 20.0. The molecule has 0 bridgehead atoms. The number of benzene rings is 2. The zero-order valence-corrected chi connectivity index (χ0v) is 20.8. The van der Waals surface area contributed by atoms with E-state index in [2.05, 4.69) is 28.3 Å². The van der Waals surface area contributed by atoms with E-state index in [0.29, 0.717) is 24.3 Å². The maximum absolute atomic E-state index is 14.2. The van der Waals surface area contributed by atoms with Gasteiger partial charge in [0.05, 0.1) is 10.6 Å². The molecule has 37 heavy (non-hydrogen) atoms. The smallest absolute Gasteiger partial charge is 0.396 e. The molecule has 0 radical (unpaired) electrons. The van der Waals surface area contributed by atoms with Gasteiger partial charge in [0.25, 0.3) is 0 Å². The number of aliphatic hydroxyl groups is 1. The third-order valence-corrected chi connectivity index (χ3v) is 8.77. The molecule has 1 fully saturated rings. The van der Waals surface area contributed by atoms with E-state index in [1.54, 1.807) is 30.3 Å². The van der Waals surface area contributed by atoms with Crippen molar-refractivity contribution in [3.8, 4) is 32.5 Å². The molecule has 4 aromatic rings. The van der Waals surface area contributed by atoms with Crippen LogP contribution < -0.4 is 5.73 Å². The van der Waals surface area contributed by atoms with E-state index in [4.69, 9.17) is 10.3 Å². The van der Waals surface area contributed by atoms with Crippen molar-refractivity contribution in [1.29, 1.82) is 0 Å². The third-order valence-electron chi connectivity index (χ3n) is 7.64. The lowest BCUT2D eigenvalue weighted by Crippen LogP contribution is -2.37. The first-order valence-electron chi connectivity index (χ1n) is 12.4. The van der Waals surface area contributed by atoms with Crippen molar-refractivity contribution in [3.63, 3.8) is 0 Å². The first kappa shape index (κ1) is 24.3. The molecule has 0 spiro atoms. The van der Waals surface area contributed by atoms with E-state index in [1.807, 2.05) is 0 Å². The number of alkyl halides is 3. The molecular formula is C28H26F3N3O2S. The Morgan fingerprint density at radius 3 is 2.70 bits per heavy atom. The molecule has 2 aliphatic carbocycles. The van der Waals surface area contributed by atoms with E-state index in [1.165, 1.54) is 22.5 Å². The number of aryl methyl sites for hydroxylation is 2. The standard InChI is InChI=1S/C28H26F3N3O2S/c29-28(30,31)22-23(16-4-2-1-3-5-16)34-36-24(22)26-33-21-9-7-18-14-17(6-8-20(18)25(21)37-26)19-10-11-27(32,15-19)12-13-35/h1-6,8,14,19,35H,7,9-13,15,32H2/t19-,27+/m1/s1. The maximum atomic E-state index is 14.2.